The van der Waals surface area contributed by atoms with Crippen molar-refractivity contribution in [2.45, 2.75) is 44.9 Å². The Morgan fingerprint density at radius 1 is 1.13 bits per heavy atom. The molecule has 2 fully saturated rings. The minimum atomic E-state index is -4.41. The van der Waals surface area contributed by atoms with Crippen LogP contribution in [0.4, 0.5) is 19.0 Å². The van der Waals surface area contributed by atoms with Crippen LogP contribution in [0.3, 0.4) is 0 Å². The molecule has 0 aromatic carbocycles. The number of halogens is 3. The Labute approximate surface area is 180 Å². The summed E-state index contributed by atoms with van der Waals surface area (Å²) in [4.78, 5) is 35.4. The molecule has 31 heavy (non-hydrogen) atoms. The predicted octanol–water partition coefficient (Wildman–Crippen LogP) is 1.98. The quantitative estimate of drug-likeness (QED) is 0.774. The molecule has 2 amide bonds. The summed E-state index contributed by atoms with van der Waals surface area (Å²) in [5, 5.41) is 2.67. The molecule has 2 saturated heterocycles. The Morgan fingerprint density at radius 2 is 1.81 bits per heavy atom. The van der Waals surface area contributed by atoms with Crippen LogP contribution in [0.5, 0.6) is 0 Å². The van der Waals surface area contributed by atoms with Crippen LogP contribution < -0.4 is 10.2 Å². The van der Waals surface area contributed by atoms with E-state index in [0.717, 1.165) is 18.8 Å². The van der Waals surface area contributed by atoms with Gasteiger partial charge >= 0.3 is 6.18 Å². The van der Waals surface area contributed by atoms with Gasteiger partial charge < -0.3 is 15.1 Å². The zero-order chi connectivity index (χ0) is 22.8. The first kappa shape index (κ1) is 23.3. The molecule has 0 saturated carbocycles. The molecule has 3 rings (SSSR count). The van der Waals surface area contributed by atoms with Gasteiger partial charge in [0, 0.05) is 57.9 Å². The monoisotopic (exact) mass is 441 g/mol. The Kier molecular flexibility index (Phi) is 7.08. The number of pyridine rings is 1. The normalized spacial score (nSPS) is 21.5. The van der Waals surface area contributed by atoms with E-state index in [1.807, 2.05) is 4.90 Å². The average molecular weight is 441 g/mol. The Morgan fingerprint density at radius 3 is 2.32 bits per heavy atom. The SMILES string of the molecule is CNC(=O)[C@@H]1CN(C(C)C)CCN1C(=O)C1CCN(c2ccc(C(F)(F)F)cn2)CC1. The lowest BCUT2D eigenvalue weighted by Crippen LogP contribution is -2.62. The largest absolute Gasteiger partial charge is 0.417 e. The number of nitrogens with zero attached hydrogens (tertiary/aromatic N) is 4. The van der Waals surface area contributed by atoms with E-state index in [0.29, 0.717) is 50.9 Å². The maximum absolute atomic E-state index is 13.2. The van der Waals surface area contributed by atoms with E-state index in [1.54, 1.807) is 11.9 Å². The predicted molar refractivity (Wildman–Crippen MR) is 110 cm³/mol. The number of hydrogen-bond acceptors (Lipinski definition) is 5. The molecule has 7 nitrogen and oxygen atoms in total. The van der Waals surface area contributed by atoms with Gasteiger partial charge in [-0.15, -0.1) is 0 Å². The molecule has 0 aliphatic carbocycles. The third kappa shape index (κ3) is 5.28. The van der Waals surface area contributed by atoms with Crippen LogP contribution in [-0.2, 0) is 15.8 Å². The molecule has 0 spiro atoms. The maximum Gasteiger partial charge on any atom is 0.417 e. The molecule has 10 heteroatoms. The summed E-state index contributed by atoms with van der Waals surface area (Å²) in [6.07, 6.45) is -2.42. The van der Waals surface area contributed by atoms with Crippen molar-refractivity contribution in [3.63, 3.8) is 0 Å². The molecule has 1 aromatic heterocycles. The number of piperazine rings is 1. The van der Waals surface area contributed by atoms with Gasteiger partial charge in [-0.1, -0.05) is 0 Å². The number of amides is 2. The summed E-state index contributed by atoms with van der Waals surface area (Å²) in [6, 6.07) is 2.19. The van der Waals surface area contributed by atoms with E-state index in [-0.39, 0.29) is 17.7 Å². The van der Waals surface area contributed by atoms with Gasteiger partial charge in [0.25, 0.3) is 0 Å². The number of rotatable bonds is 4. The average Bonchev–Trinajstić information content (AvgIpc) is 2.77. The van der Waals surface area contributed by atoms with Gasteiger partial charge in [0.1, 0.15) is 11.9 Å². The highest BCUT2D eigenvalue weighted by atomic mass is 19.4. The van der Waals surface area contributed by atoms with Crippen molar-refractivity contribution in [3.8, 4) is 0 Å². The van der Waals surface area contributed by atoms with Crippen LogP contribution in [0.1, 0.15) is 32.3 Å². The zero-order valence-corrected chi connectivity index (χ0v) is 18.2. The molecule has 1 N–H and O–H groups in total. The molecule has 0 bridgehead atoms. The summed E-state index contributed by atoms with van der Waals surface area (Å²) < 4.78 is 38.2. The summed E-state index contributed by atoms with van der Waals surface area (Å²) >= 11 is 0. The number of hydrogen-bond donors (Lipinski definition) is 1. The van der Waals surface area contributed by atoms with Crippen molar-refractivity contribution in [3.05, 3.63) is 23.9 Å². The Hall–Kier alpha value is -2.36. The first-order valence-electron chi connectivity index (χ1n) is 10.7. The van der Waals surface area contributed by atoms with E-state index in [9.17, 15) is 22.8 Å². The molecular weight excluding hydrogens is 411 g/mol. The highest BCUT2D eigenvalue weighted by molar-refractivity contribution is 5.89. The lowest BCUT2D eigenvalue weighted by Gasteiger charge is -2.44. The van der Waals surface area contributed by atoms with Crippen molar-refractivity contribution in [1.29, 1.82) is 0 Å². The summed E-state index contributed by atoms with van der Waals surface area (Å²) in [5.74, 6) is 0.0956. The molecule has 2 aliphatic rings. The highest BCUT2D eigenvalue weighted by Crippen LogP contribution is 2.30. The van der Waals surface area contributed by atoms with Gasteiger partial charge in [-0.3, -0.25) is 14.5 Å². The number of carbonyl (C=O) groups is 2. The summed E-state index contributed by atoms with van der Waals surface area (Å²) in [6.45, 7) is 6.96. The van der Waals surface area contributed by atoms with Crippen molar-refractivity contribution in [1.82, 2.24) is 20.1 Å². The van der Waals surface area contributed by atoms with Crippen molar-refractivity contribution in [2.75, 3.05) is 44.7 Å². The van der Waals surface area contributed by atoms with Crippen molar-refractivity contribution < 1.29 is 22.8 Å². The van der Waals surface area contributed by atoms with E-state index in [1.165, 1.54) is 6.07 Å². The fourth-order valence-corrected chi connectivity index (χ4v) is 4.26. The summed E-state index contributed by atoms with van der Waals surface area (Å²) in [5.41, 5.74) is -0.776. The standard InChI is InChI=1S/C21H30F3N5O2/c1-14(2)28-10-11-29(17(13-28)19(30)25-3)20(31)15-6-8-27(9-7-15)18-5-4-16(12-26-18)21(22,23)24/h4-5,12,14-15,17H,6-11,13H2,1-3H3,(H,25,30)/t17-/m0/s1. The number of carbonyl (C=O) groups excluding carboxylic acids is 2. The maximum atomic E-state index is 13.2. The third-order valence-corrected chi connectivity index (χ3v) is 6.22. The van der Waals surface area contributed by atoms with Gasteiger partial charge in [-0.25, -0.2) is 4.98 Å². The number of piperidine rings is 1. The number of aromatic nitrogens is 1. The lowest BCUT2D eigenvalue weighted by molar-refractivity contribution is -0.148. The topological polar surface area (TPSA) is 68.8 Å². The number of likely N-dealkylation sites (N-methyl/N-ethyl adjacent to an activating group) is 1. The molecule has 0 radical (unpaired) electrons. The molecule has 172 valence electrons. The van der Waals surface area contributed by atoms with E-state index in [4.69, 9.17) is 0 Å². The second kappa shape index (κ2) is 9.42. The Bertz CT molecular complexity index is 776. The van der Waals surface area contributed by atoms with E-state index >= 15 is 0 Å². The second-order valence-corrected chi connectivity index (χ2v) is 8.41. The molecule has 0 unspecified atom stereocenters. The number of nitrogens with one attached hydrogen (secondary N) is 1. The minimum Gasteiger partial charge on any atom is -0.357 e. The van der Waals surface area contributed by atoms with E-state index in [2.05, 4.69) is 29.0 Å². The van der Waals surface area contributed by atoms with Crippen LogP contribution >= 0.6 is 0 Å². The van der Waals surface area contributed by atoms with Crippen LogP contribution in [0.2, 0.25) is 0 Å². The molecular formula is C21H30F3N5O2. The number of alkyl halides is 3. The van der Waals surface area contributed by atoms with Gasteiger partial charge in [0.15, 0.2) is 0 Å². The molecule has 1 aromatic rings. The lowest BCUT2D eigenvalue weighted by atomic mass is 9.93. The second-order valence-electron chi connectivity index (χ2n) is 8.41. The zero-order valence-electron chi connectivity index (χ0n) is 18.2. The van der Waals surface area contributed by atoms with Crippen LogP contribution in [-0.4, -0.2) is 78.5 Å². The number of anilines is 1. The molecule has 2 aliphatic heterocycles. The molecule has 3 heterocycles. The first-order chi connectivity index (χ1) is 14.6. The smallest absolute Gasteiger partial charge is 0.357 e. The van der Waals surface area contributed by atoms with E-state index < -0.39 is 17.8 Å². The van der Waals surface area contributed by atoms with Crippen molar-refractivity contribution >= 4 is 17.6 Å². The van der Waals surface area contributed by atoms with Crippen molar-refractivity contribution in [2.24, 2.45) is 5.92 Å². The van der Waals surface area contributed by atoms with Gasteiger partial charge in [0.05, 0.1) is 5.56 Å². The summed E-state index contributed by atoms with van der Waals surface area (Å²) in [7, 11) is 1.58. The van der Waals surface area contributed by atoms with Gasteiger partial charge in [0.2, 0.25) is 11.8 Å². The fraction of sp³-hybridized carbons (Fsp3) is 0.667. The van der Waals surface area contributed by atoms with Gasteiger partial charge in [-0.2, -0.15) is 13.2 Å². The Balaban J connectivity index is 1.62. The van der Waals surface area contributed by atoms with Crippen LogP contribution in [0.25, 0.3) is 0 Å². The minimum absolute atomic E-state index is 0.0166. The van der Waals surface area contributed by atoms with Crippen LogP contribution in [0.15, 0.2) is 18.3 Å². The van der Waals surface area contributed by atoms with Gasteiger partial charge in [-0.05, 0) is 38.8 Å². The highest BCUT2D eigenvalue weighted by Gasteiger charge is 2.39. The van der Waals surface area contributed by atoms with Crippen LogP contribution in [0, 0.1) is 5.92 Å². The first-order valence-corrected chi connectivity index (χ1v) is 10.7. The fourth-order valence-electron chi connectivity index (χ4n) is 4.26. The third-order valence-electron chi connectivity index (χ3n) is 6.22. The molecule has 1 atom stereocenters.